The van der Waals surface area contributed by atoms with Crippen molar-refractivity contribution in [1.29, 1.82) is 0 Å². The minimum Gasteiger partial charge on any atom is -0.497 e. The zero-order chi connectivity index (χ0) is 17.3. The van der Waals surface area contributed by atoms with Crippen molar-refractivity contribution in [1.82, 2.24) is 20.2 Å². The molecule has 0 spiro atoms. The number of hydrogen-bond donors (Lipinski definition) is 2. The van der Waals surface area contributed by atoms with E-state index in [-0.39, 0.29) is 18.4 Å². The van der Waals surface area contributed by atoms with Crippen LogP contribution in [0.25, 0.3) is 11.0 Å². The van der Waals surface area contributed by atoms with E-state index < -0.39 is 5.41 Å². The van der Waals surface area contributed by atoms with E-state index in [1.165, 1.54) is 0 Å². The van der Waals surface area contributed by atoms with Gasteiger partial charge in [-0.25, -0.2) is 4.98 Å². The van der Waals surface area contributed by atoms with E-state index in [9.17, 15) is 9.59 Å². The summed E-state index contributed by atoms with van der Waals surface area (Å²) in [4.78, 5) is 29.1. The van der Waals surface area contributed by atoms with E-state index in [1.807, 2.05) is 29.8 Å². The number of amides is 2. The molecule has 24 heavy (non-hydrogen) atoms. The average molecular weight is 330 g/mol. The number of fused-ring (bicyclic) bond motifs is 1. The predicted molar refractivity (Wildman–Crippen MR) is 89.5 cm³/mol. The minimum atomic E-state index is -1.01. The van der Waals surface area contributed by atoms with Gasteiger partial charge in [0.2, 0.25) is 11.8 Å². The highest BCUT2D eigenvalue weighted by molar-refractivity contribution is 6.05. The molecule has 1 atom stereocenters. The lowest BCUT2D eigenvalue weighted by molar-refractivity contribution is -0.144. The maximum Gasteiger partial charge on any atom is 0.235 e. The molecular formula is C17H22N4O3. The van der Waals surface area contributed by atoms with Gasteiger partial charge in [-0.15, -0.1) is 0 Å². The SMILES string of the molecule is COc1ccc2c(c1)nc(CNC(=O)C1(C)CCCNC1=O)n2C. The van der Waals surface area contributed by atoms with Crippen LogP contribution >= 0.6 is 0 Å². The third-order valence-electron chi connectivity index (χ3n) is 4.73. The molecule has 2 N–H and O–H groups in total. The molecule has 3 rings (SSSR count). The Balaban J connectivity index is 1.77. The van der Waals surface area contributed by atoms with Gasteiger partial charge in [-0.2, -0.15) is 0 Å². The first kappa shape index (κ1) is 16.3. The number of benzene rings is 1. The van der Waals surface area contributed by atoms with Crippen molar-refractivity contribution in [2.75, 3.05) is 13.7 Å². The van der Waals surface area contributed by atoms with Crippen LogP contribution in [0.4, 0.5) is 0 Å². The van der Waals surface area contributed by atoms with Gasteiger partial charge in [0.25, 0.3) is 0 Å². The normalized spacial score (nSPS) is 20.7. The van der Waals surface area contributed by atoms with Gasteiger partial charge in [0.05, 0.1) is 24.7 Å². The molecule has 1 saturated heterocycles. The van der Waals surface area contributed by atoms with Crippen molar-refractivity contribution in [2.45, 2.75) is 26.3 Å². The number of aryl methyl sites for hydroxylation is 1. The summed E-state index contributed by atoms with van der Waals surface area (Å²) < 4.78 is 7.14. The molecule has 0 saturated carbocycles. The Labute approximate surface area is 140 Å². The van der Waals surface area contributed by atoms with Gasteiger partial charge < -0.3 is 19.9 Å². The predicted octanol–water partition coefficient (Wildman–Crippen LogP) is 1.11. The molecular weight excluding hydrogens is 308 g/mol. The summed E-state index contributed by atoms with van der Waals surface area (Å²) in [7, 11) is 3.51. The summed E-state index contributed by atoms with van der Waals surface area (Å²) in [6.07, 6.45) is 1.37. The molecule has 0 radical (unpaired) electrons. The van der Waals surface area contributed by atoms with E-state index in [0.717, 1.165) is 29.0 Å². The Kier molecular flexibility index (Phi) is 4.17. The lowest BCUT2D eigenvalue weighted by Gasteiger charge is -2.30. The number of nitrogens with zero attached hydrogens (tertiary/aromatic N) is 2. The van der Waals surface area contributed by atoms with Crippen LogP contribution in [0.5, 0.6) is 5.75 Å². The molecule has 1 unspecified atom stereocenters. The Morgan fingerprint density at radius 2 is 2.29 bits per heavy atom. The summed E-state index contributed by atoms with van der Waals surface area (Å²) in [5.74, 6) is 0.999. The van der Waals surface area contributed by atoms with Gasteiger partial charge in [-0.05, 0) is 31.9 Å². The van der Waals surface area contributed by atoms with Crippen LogP contribution in [0.15, 0.2) is 18.2 Å². The Morgan fingerprint density at radius 1 is 1.50 bits per heavy atom. The van der Waals surface area contributed by atoms with Crippen molar-refractivity contribution < 1.29 is 14.3 Å². The first-order valence-electron chi connectivity index (χ1n) is 8.01. The van der Waals surface area contributed by atoms with Gasteiger partial charge >= 0.3 is 0 Å². The highest BCUT2D eigenvalue weighted by Crippen LogP contribution is 2.27. The second kappa shape index (κ2) is 6.14. The molecule has 7 nitrogen and oxygen atoms in total. The molecule has 2 aromatic rings. The molecule has 1 aromatic carbocycles. The zero-order valence-corrected chi connectivity index (χ0v) is 14.2. The third kappa shape index (κ3) is 2.70. The van der Waals surface area contributed by atoms with E-state index in [4.69, 9.17) is 4.74 Å². The average Bonchev–Trinajstić information content (AvgIpc) is 2.90. The molecule has 1 aliphatic rings. The number of aromatic nitrogens is 2. The fraction of sp³-hybridized carbons (Fsp3) is 0.471. The summed E-state index contributed by atoms with van der Waals surface area (Å²) in [6, 6.07) is 5.67. The van der Waals surface area contributed by atoms with Crippen LogP contribution in [0.3, 0.4) is 0 Å². The first-order chi connectivity index (χ1) is 11.5. The Morgan fingerprint density at radius 3 is 3.00 bits per heavy atom. The van der Waals surface area contributed by atoms with E-state index in [2.05, 4.69) is 15.6 Å². The van der Waals surface area contributed by atoms with Crippen LogP contribution in [-0.2, 0) is 23.2 Å². The smallest absolute Gasteiger partial charge is 0.235 e. The molecule has 2 amide bonds. The lowest BCUT2D eigenvalue weighted by Crippen LogP contribution is -2.52. The zero-order valence-electron chi connectivity index (χ0n) is 14.2. The second-order valence-electron chi connectivity index (χ2n) is 6.32. The highest BCUT2D eigenvalue weighted by Gasteiger charge is 2.42. The number of imidazole rings is 1. The fourth-order valence-corrected chi connectivity index (χ4v) is 3.04. The maximum absolute atomic E-state index is 12.5. The topological polar surface area (TPSA) is 85.2 Å². The van der Waals surface area contributed by atoms with Crippen molar-refractivity contribution in [2.24, 2.45) is 12.5 Å². The van der Waals surface area contributed by atoms with Crippen molar-refractivity contribution in [3.8, 4) is 5.75 Å². The van der Waals surface area contributed by atoms with Gasteiger partial charge in [0.15, 0.2) is 0 Å². The summed E-state index contributed by atoms with van der Waals surface area (Å²) >= 11 is 0. The monoisotopic (exact) mass is 330 g/mol. The van der Waals surface area contributed by atoms with Crippen molar-refractivity contribution in [3.05, 3.63) is 24.0 Å². The minimum absolute atomic E-state index is 0.207. The van der Waals surface area contributed by atoms with Crippen LogP contribution in [0, 0.1) is 5.41 Å². The fourth-order valence-electron chi connectivity index (χ4n) is 3.04. The number of nitrogens with one attached hydrogen (secondary N) is 2. The van der Waals surface area contributed by atoms with Crippen molar-refractivity contribution >= 4 is 22.8 Å². The van der Waals surface area contributed by atoms with Gasteiger partial charge in [-0.3, -0.25) is 9.59 Å². The first-order valence-corrected chi connectivity index (χ1v) is 8.01. The molecule has 1 aromatic heterocycles. The van der Waals surface area contributed by atoms with Crippen LogP contribution < -0.4 is 15.4 Å². The number of rotatable bonds is 4. The van der Waals surface area contributed by atoms with E-state index in [1.54, 1.807) is 14.0 Å². The molecule has 2 heterocycles. The summed E-state index contributed by atoms with van der Waals surface area (Å²) in [5.41, 5.74) is 0.760. The van der Waals surface area contributed by atoms with E-state index >= 15 is 0 Å². The molecule has 0 bridgehead atoms. The van der Waals surface area contributed by atoms with Gasteiger partial charge in [0, 0.05) is 19.7 Å². The highest BCUT2D eigenvalue weighted by atomic mass is 16.5. The number of ether oxygens (including phenoxy) is 1. The number of hydrogen-bond acceptors (Lipinski definition) is 4. The van der Waals surface area contributed by atoms with Crippen LogP contribution in [0.2, 0.25) is 0 Å². The maximum atomic E-state index is 12.5. The molecule has 0 aliphatic carbocycles. The largest absolute Gasteiger partial charge is 0.497 e. The van der Waals surface area contributed by atoms with Crippen molar-refractivity contribution in [3.63, 3.8) is 0 Å². The standard InChI is InChI=1S/C17H22N4O3/c1-17(7-4-8-18-15(17)22)16(23)19-10-14-20-12-9-11(24-3)5-6-13(12)21(14)2/h5-6,9H,4,7-8,10H2,1-3H3,(H,18,22)(H,19,23). The van der Waals surface area contributed by atoms with Gasteiger partial charge in [-0.1, -0.05) is 0 Å². The number of carbonyl (C=O) groups excluding carboxylic acids is 2. The molecule has 1 fully saturated rings. The Bertz CT molecular complexity index is 798. The second-order valence-corrected chi connectivity index (χ2v) is 6.32. The molecule has 1 aliphatic heterocycles. The molecule has 128 valence electrons. The molecule has 7 heteroatoms. The quantitative estimate of drug-likeness (QED) is 0.823. The van der Waals surface area contributed by atoms with Crippen LogP contribution in [-0.4, -0.2) is 35.0 Å². The third-order valence-corrected chi connectivity index (χ3v) is 4.73. The lowest BCUT2D eigenvalue weighted by atomic mass is 9.81. The van der Waals surface area contributed by atoms with Crippen LogP contribution in [0.1, 0.15) is 25.6 Å². The Hall–Kier alpha value is -2.57. The number of piperidine rings is 1. The van der Waals surface area contributed by atoms with Gasteiger partial charge in [0.1, 0.15) is 17.0 Å². The number of carbonyl (C=O) groups is 2. The summed E-state index contributed by atoms with van der Waals surface area (Å²) in [5, 5.41) is 5.62. The summed E-state index contributed by atoms with van der Waals surface area (Å²) in [6.45, 7) is 2.60. The van der Waals surface area contributed by atoms with E-state index in [0.29, 0.717) is 13.0 Å². The number of methoxy groups -OCH3 is 1.